The van der Waals surface area contributed by atoms with E-state index in [0.29, 0.717) is 28.9 Å². The fourth-order valence-electron chi connectivity index (χ4n) is 4.03. The molecule has 0 saturated carbocycles. The predicted octanol–water partition coefficient (Wildman–Crippen LogP) is 5.20. The van der Waals surface area contributed by atoms with Gasteiger partial charge in [0, 0.05) is 41.2 Å². The zero-order chi connectivity index (χ0) is 29.4. The van der Waals surface area contributed by atoms with E-state index in [2.05, 4.69) is 5.32 Å². The molecule has 0 aliphatic heterocycles. The normalized spacial score (nSPS) is 12.1. The van der Waals surface area contributed by atoms with E-state index in [0.717, 1.165) is 24.0 Å². The van der Waals surface area contributed by atoms with Gasteiger partial charge in [0.2, 0.25) is 21.8 Å². The van der Waals surface area contributed by atoms with E-state index in [9.17, 15) is 26.8 Å². The first-order chi connectivity index (χ1) is 18.9. The van der Waals surface area contributed by atoms with E-state index in [1.165, 1.54) is 4.90 Å². The summed E-state index contributed by atoms with van der Waals surface area (Å²) in [5.74, 6) is -3.69. The number of nitrogens with one attached hydrogen (secondary N) is 1. The van der Waals surface area contributed by atoms with Gasteiger partial charge in [0.15, 0.2) is 11.6 Å². The molecule has 0 heterocycles. The van der Waals surface area contributed by atoms with Crippen LogP contribution in [0.2, 0.25) is 10.0 Å². The fraction of sp³-hybridized carbons (Fsp3) is 0.286. The summed E-state index contributed by atoms with van der Waals surface area (Å²) >= 11 is 12.8. The number of amides is 2. The minimum atomic E-state index is -4.14. The van der Waals surface area contributed by atoms with Crippen molar-refractivity contribution in [3.63, 3.8) is 0 Å². The summed E-state index contributed by atoms with van der Waals surface area (Å²) in [6.45, 7) is 1.22. The van der Waals surface area contributed by atoms with Crippen LogP contribution in [0.5, 0.6) is 0 Å². The molecule has 1 atom stereocenters. The van der Waals surface area contributed by atoms with Gasteiger partial charge in [-0.05, 0) is 36.2 Å². The van der Waals surface area contributed by atoms with Crippen molar-refractivity contribution in [3.05, 3.63) is 99.5 Å². The molecule has 0 aliphatic carbocycles. The van der Waals surface area contributed by atoms with Crippen LogP contribution in [0.25, 0.3) is 0 Å². The Morgan fingerprint density at radius 3 is 2.17 bits per heavy atom. The van der Waals surface area contributed by atoms with Gasteiger partial charge in [0.05, 0.1) is 11.9 Å². The number of anilines is 1. The summed E-state index contributed by atoms with van der Waals surface area (Å²) in [6, 6.07) is 15.2. The summed E-state index contributed by atoms with van der Waals surface area (Å²) in [4.78, 5) is 28.6. The van der Waals surface area contributed by atoms with Crippen LogP contribution in [-0.2, 0) is 32.6 Å². The molecular weight excluding hydrogens is 583 g/mol. The van der Waals surface area contributed by atoms with Gasteiger partial charge >= 0.3 is 0 Å². The van der Waals surface area contributed by atoms with Crippen molar-refractivity contribution in [1.82, 2.24) is 10.2 Å². The maximum Gasteiger partial charge on any atom is 0.244 e. The van der Waals surface area contributed by atoms with Crippen LogP contribution in [-0.4, -0.2) is 50.5 Å². The molecule has 0 bridgehead atoms. The average molecular weight is 613 g/mol. The van der Waals surface area contributed by atoms with E-state index in [1.54, 1.807) is 42.5 Å². The molecule has 1 N–H and O–H groups in total. The Kier molecular flexibility index (Phi) is 10.9. The molecule has 0 fully saturated rings. The second-order valence-electron chi connectivity index (χ2n) is 9.09. The van der Waals surface area contributed by atoms with Gasteiger partial charge in [-0.25, -0.2) is 17.2 Å². The third-order valence-corrected chi connectivity index (χ3v) is 7.93. The highest BCUT2D eigenvalue weighted by Crippen LogP contribution is 2.28. The van der Waals surface area contributed by atoms with Crippen molar-refractivity contribution < 1.29 is 26.8 Å². The Hall–Kier alpha value is -3.21. The number of nitrogens with zero attached hydrogens (tertiary/aromatic N) is 2. The largest absolute Gasteiger partial charge is 0.354 e. The monoisotopic (exact) mass is 611 g/mol. The van der Waals surface area contributed by atoms with E-state index < -0.39 is 46.1 Å². The summed E-state index contributed by atoms with van der Waals surface area (Å²) in [5, 5.41) is 3.31. The molecule has 3 aromatic carbocycles. The number of benzene rings is 3. The molecular formula is C28H29Cl2F2N3O4S. The molecule has 2 amide bonds. The van der Waals surface area contributed by atoms with Gasteiger partial charge < -0.3 is 10.2 Å². The van der Waals surface area contributed by atoms with Gasteiger partial charge in [-0.2, -0.15) is 0 Å². The topological polar surface area (TPSA) is 86.8 Å². The number of hydrogen-bond donors (Lipinski definition) is 1. The lowest BCUT2D eigenvalue weighted by Crippen LogP contribution is -2.53. The summed E-state index contributed by atoms with van der Waals surface area (Å²) in [5.41, 5.74) is 0.863. The molecule has 40 heavy (non-hydrogen) atoms. The van der Waals surface area contributed by atoms with Crippen molar-refractivity contribution in [2.45, 2.75) is 32.4 Å². The van der Waals surface area contributed by atoms with E-state index in [-0.39, 0.29) is 28.7 Å². The van der Waals surface area contributed by atoms with Crippen molar-refractivity contribution in [2.24, 2.45) is 0 Å². The molecule has 0 aromatic heterocycles. The van der Waals surface area contributed by atoms with Gasteiger partial charge in [0.1, 0.15) is 12.6 Å². The number of carbonyl (C=O) groups is 2. The summed E-state index contributed by atoms with van der Waals surface area (Å²) in [6.07, 6.45) is 1.59. The Bertz CT molecular complexity index is 1440. The van der Waals surface area contributed by atoms with E-state index in [1.807, 2.05) is 13.0 Å². The summed E-state index contributed by atoms with van der Waals surface area (Å²) < 4.78 is 53.7. The molecule has 3 rings (SSSR count). The zero-order valence-electron chi connectivity index (χ0n) is 21.9. The van der Waals surface area contributed by atoms with Crippen molar-refractivity contribution in [3.8, 4) is 0 Å². The van der Waals surface area contributed by atoms with Crippen LogP contribution in [0, 0.1) is 11.6 Å². The number of rotatable bonds is 12. The molecule has 214 valence electrons. The molecule has 0 spiro atoms. The van der Waals surface area contributed by atoms with Crippen molar-refractivity contribution in [2.75, 3.05) is 23.7 Å². The molecule has 7 nitrogen and oxygen atoms in total. The van der Waals surface area contributed by atoms with Crippen LogP contribution in [0.3, 0.4) is 0 Å². The van der Waals surface area contributed by atoms with Crippen LogP contribution in [0.4, 0.5) is 14.5 Å². The molecule has 0 radical (unpaired) electrons. The predicted molar refractivity (Wildman–Crippen MR) is 153 cm³/mol. The van der Waals surface area contributed by atoms with Crippen LogP contribution in [0.15, 0.2) is 66.7 Å². The minimum Gasteiger partial charge on any atom is -0.354 e. The maximum atomic E-state index is 14.0. The first-order valence-electron chi connectivity index (χ1n) is 12.4. The highest BCUT2D eigenvalue weighted by atomic mass is 35.5. The van der Waals surface area contributed by atoms with E-state index in [4.69, 9.17) is 23.2 Å². The van der Waals surface area contributed by atoms with Gasteiger partial charge in [-0.3, -0.25) is 13.9 Å². The van der Waals surface area contributed by atoms with Crippen molar-refractivity contribution >= 4 is 50.7 Å². The molecule has 12 heteroatoms. The number of sulfonamides is 1. The average Bonchev–Trinajstić information content (AvgIpc) is 2.90. The Balaban J connectivity index is 2.10. The minimum absolute atomic E-state index is 0.105. The smallest absolute Gasteiger partial charge is 0.244 e. The fourth-order valence-corrected chi connectivity index (χ4v) is 5.39. The second kappa shape index (κ2) is 13.9. The molecule has 0 aliphatic rings. The molecule has 0 saturated heterocycles. The first-order valence-corrected chi connectivity index (χ1v) is 15.0. The lowest BCUT2D eigenvalue weighted by atomic mass is 10.0. The van der Waals surface area contributed by atoms with Crippen LogP contribution < -0.4 is 9.62 Å². The Morgan fingerprint density at radius 2 is 1.60 bits per heavy atom. The van der Waals surface area contributed by atoms with E-state index >= 15 is 0 Å². The Labute approximate surface area is 242 Å². The number of carbonyl (C=O) groups excluding carboxylic acids is 2. The summed E-state index contributed by atoms with van der Waals surface area (Å²) in [7, 11) is -4.14. The second-order valence-corrected chi connectivity index (χ2v) is 11.8. The number of halogens is 4. The van der Waals surface area contributed by atoms with Gasteiger partial charge in [-0.15, -0.1) is 0 Å². The van der Waals surface area contributed by atoms with Gasteiger partial charge in [0.25, 0.3) is 0 Å². The molecule has 3 aromatic rings. The van der Waals surface area contributed by atoms with Crippen LogP contribution in [0.1, 0.15) is 24.5 Å². The standard InChI is InChI=1S/C28H29Cl2F2N3O4S/c1-3-14-33-28(37)26(15-19-8-5-4-6-9-19)34(17-21-22(29)10-7-11-23(21)30)27(36)18-35(40(2,38)39)20-12-13-24(31)25(32)16-20/h4-13,16,26H,3,14-15,17-18H2,1-2H3,(H,33,37)/t26-/m1/s1. The Morgan fingerprint density at radius 1 is 0.950 bits per heavy atom. The highest BCUT2D eigenvalue weighted by molar-refractivity contribution is 7.92. The molecule has 0 unspecified atom stereocenters. The van der Waals surface area contributed by atoms with Crippen molar-refractivity contribution in [1.29, 1.82) is 0 Å². The highest BCUT2D eigenvalue weighted by Gasteiger charge is 2.33. The number of hydrogen-bond acceptors (Lipinski definition) is 4. The zero-order valence-corrected chi connectivity index (χ0v) is 24.2. The van der Waals surface area contributed by atoms with Crippen LogP contribution >= 0.6 is 23.2 Å². The lowest BCUT2D eigenvalue weighted by molar-refractivity contribution is -0.140. The first kappa shape index (κ1) is 31.3. The lowest BCUT2D eigenvalue weighted by Gasteiger charge is -2.34. The third-order valence-electron chi connectivity index (χ3n) is 6.08. The third kappa shape index (κ3) is 8.16. The maximum absolute atomic E-state index is 14.0. The SMILES string of the molecule is CCCNC(=O)[C@@H](Cc1ccccc1)N(Cc1c(Cl)cccc1Cl)C(=O)CN(c1ccc(F)c(F)c1)S(C)(=O)=O. The quantitative estimate of drug-likeness (QED) is 0.305. The van der Waals surface area contributed by atoms with Gasteiger partial charge in [-0.1, -0.05) is 66.5 Å².